The third-order valence-corrected chi connectivity index (χ3v) is 5.76. The molecule has 2 heterocycles. The van der Waals surface area contributed by atoms with Gasteiger partial charge in [0, 0.05) is 18.8 Å². The van der Waals surface area contributed by atoms with E-state index in [0.717, 1.165) is 9.47 Å². The molecule has 3 rings (SSSR count). The molecule has 0 radical (unpaired) electrons. The minimum atomic E-state index is -4.52. The molecular formula is C20H19F3N4O5S. The van der Waals surface area contributed by atoms with Crippen molar-refractivity contribution in [3.63, 3.8) is 0 Å². The molecule has 0 saturated heterocycles. The maximum Gasteiger partial charge on any atom is 0.422 e. The van der Waals surface area contributed by atoms with Crippen molar-refractivity contribution in [1.29, 1.82) is 0 Å². The van der Waals surface area contributed by atoms with Gasteiger partial charge in [0.25, 0.3) is 0 Å². The Morgan fingerprint density at radius 3 is 2.61 bits per heavy atom. The number of aromatic nitrogens is 3. The first-order valence-electron chi connectivity index (χ1n) is 9.45. The second-order valence-electron chi connectivity index (χ2n) is 7.03. The summed E-state index contributed by atoms with van der Waals surface area (Å²) in [6.07, 6.45) is -3.29. The molecule has 3 aromatic rings. The maximum absolute atomic E-state index is 13.2. The topological polar surface area (TPSA) is 115 Å². The number of benzene rings is 1. The molecule has 0 unspecified atom stereocenters. The summed E-state index contributed by atoms with van der Waals surface area (Å²) in [7, 11) is -0.668. The number of imidazole rings is 1. The number of rotatable bonds is 7. The van der Waals surface area contributed by atoms with Crippen LogP contribution in [0.1, 0.15) is 11.3 Å². The molecular weight excluding hydrogens is 465 g/mol. The van der Waals surface area contributed by atoms with Gasteiger partial charge in [-0.3, -0.25) is 14.0 Å². The van der Waals surface area contributed by atoms with E-state index in [1.54, 1.807) is 24.3 Å². The van der Waals surface area contributed by atoms with Crippen LogP contribution in [-0.2, 0) is 21.3 Å². The lowest BCUT2D eigenvalue weighted by Crippen LogP contribution is -2.36. The quantitative estimate of drug-likeness (QED) is 0.548. The van der Waals surface area contributed by atoms with Crippen molar-refractivity contribution >= 4 is 33.8 Å². The zero-order valence-electron chi connectivity index (χ0n) is 17.5. The van der Waals surface area contributed by atoms with Gasteiger partial charge in [-0.05, 0) is 25.1 Å². The number of amides is 1. The van der Waals surface area contributed by atoms with E-state index in [-0.39, 0.29) is 27.9 Å². The summed E-state index contributed by atoms with van der Waals surface area (Å²) >= 11 is 0. The van der Waals surface area contributed by atoms with Crippen molar-refractivity contribution in [1.82, 2.24) is 19.4 Å². The van der Waals surface area contributed by atoms with Crippen LogP contribution in [0, 0.1) is 6.92 Å². The Morgan fingerprint density at radius 1 is 1.24 bits per heavy atom. The highest BCUT2D eigenvalue weighted by molar-refractivity contribution is 7.84. The van der Waals surface area contributed by atoms with Crippen LogP contribution in [0.3, 0.4) is 0 Å². The molecule has 1 N–H and O–H groups in total. The van der Waals surface area contributed by atoms with Crippen LogP contribution in [0.5, 0.6) is 5.75 Å². The average molecular weight is 484 g/mol. The van der Waals surface area contributed by atoms with Crippen LogP contribution in [0.4, 0.5) is 18.0 Å². The van der Waals surface area contributed by atoms with E-state index in [1.807, 2.05) is 0 Å². The van der Waals surface area contributed by atoms with Gasteiger partial charge in [0.05, 0.1) is 33.3 Å². The minimum absolute atomic E-state index is 0.0555. The van der Waals surface area contributed by atoms with Crippen LogP contribution in [0.25, 0.3) is 11.0 Å². The van der Waals surface area contributed by atoms with Gasteiger partial charge in [-0.15, -0.1) is 0 Å². The minimum Gasteiger partial charge on any atom is -0.484 e. The smallest absolute Gasteiger partial charge is 0.422 e. The van der Waals surface area contributed by atoms with Crippen LogP contribution < -0.4 is 4.74 Å². The first kappa shape index (κ1) is 24.2. The monoisotopic (exact) mass is 484 g/mol. The van der Waals surface area contributed by atoms with E-state index in [2.05, 4.69) is 9.97 Å². The molecule has 13 heteroatoms. The first-order valence-corrected chi connectivity index (χ1v) is 10.8. The Balaban J connectivity index is 1.95. The number of ether oxygens (including phenoxy) is 1. The summed E-state index contributed by atoms with van der Waals surface area (Å²) in [5, 5.41) is 8.86. The third-order valence-electron chi connectivity index (χ3n) is 4.54. The Hall–Kier alpha value is -3.48. The van der Waals surface area contributed by atoms with Gasteiger partial charge in [0.15, 0.2) is 6.61 Å². The number of likely N-dealkylation sites (N-methyl/N-ethyl adjacent to an activating group) is 1. The second-order valence-corrected chi connectivity index (χ2v) is 8.37. The summed E-state index contributed by atoms with van der Waals surface area (Å²) in [6, 6.07) is 7.01. The number of halogens is 3. The van der Waals surface area contributed by atoms with Gasteiger partial charge in [0.1, 0.15) is 12.3 Å². The Morgan fingerprint density at radius 2 is 1.94 bits per heavy atom. The number of carboxylic acid groups (broad SMARTS) is 1. The molecule has 1 atom stereocenters. The molecule has 33 heavy (non-hydrogen) atoms. The van der Waals surface area contributed by atoms with E-state index in [0.29, 0.717) is 11.0 Å². The molecule has 0 spiro atoms. The lowest BCUT2D eigenvalue weighted by molar-refractivity contribution is -0.153. The van der Waals surface area contributed by atoms with Gasteiger partial charge in [-0.2, -0.15) is 13.2 Å². The fourth-order valence-electron chi connectivity index (χ4n) is 2.99. The number of pyridine rings is 1. The van der Waals surface area contributed by atoms with E-state index in [9.17, 15) is 27.0 Å². The standard InChI is InChI=1S/C20H19F3N4O5S/c1-12-14(24-8-7-16(12)32-11-20(21,22)23)10-33(31)18-25-13-5-3-4-6-15(13)27(18)19(30)26(2)9-17(28)29/h3-8H,9-11H2,1-2H3,(H,28,29)/t33-/m1/s1. The molecule has 2 aromatic heterocycles. The highest BCUT2D eigenvalue weighted by atomic mass is 32.2. The molecule has 0 aliphatic carbocycles. The Kier molecular flexibility index (Phi) is 7.01. The van der Waals surface area contributed by atoms with Crippen LogP contribution >= 0.6 is 0 Å². The summed E-state index contributed by atoms with van der Waals surface area (Å²) in [4.78, 5) is 33.3. The number of alkyl halides is 3. The molecule has 0 bridgehead atoms. The Bertz CT molecular complexity index is 1230. The molecule has 9 nitrogen and oxygen atoms in total. The zero-order chi connectivity index (χ0) is 24.3. The van der Waals surface area contributed by atoms with E-state index < -0.39 is 42.1 Å². The van der Waals surface area contributed by atoms with Crippen molar-refractivity contribution in [2.24, 2.45) is 0 Å². The van der Waals surface area contributed by atoms with Crippen molar-refractivity contribution in [3.05, 3.63) is 47.8 Å². The normalized spacial score (nSPS) is 12.5. The zero-order valence-corrected chi connectivity index (χ0v) is 18.3. The number of carbonyl (C=O) groups is 2. The van der Waals surface area contributed by atoms with Crippen LogP contribution in [0.2, 0.25) is 0 Å². The fourth-order valence-corrected chi connectivity index (χ4v) is 4.24. The molecule has 0 saturated carbocycles. The van der Waals surface area contributed by atoms with Crippen molar-refractivity contribution in [2.75, 3.05) is 20.2 Å². The number of hydrogen-bond donors (Lipinski definition) is 1. The van der Waals surface area contributed by atoms with Crippen molar-refractivity contribution in [2.45, 2.75) is 24.0 Å². The van der Waals surface area contributed by atoms with Crippen LogP contribution in [-0.4, -0.2) is 67.1 Å². The number of carbonyl (C=O) groups excluding carboxylic acids is 1. The summed E-state index contributed by atoms with van der Waals surface area (Å²) in [5.41, 5.74) is 1.17. The van der Waals surface area contributed by atoms with E-state index >= 15 is 0 Å². The third kappa shape index (κ3) is 5.66. The molecule has 1 amide bonds. The maximum atomic E-state index is 13.2. The summed E-state index contributed by atoms with van der Waals surface area (Å²) < 4.78 is 56.6. The number of nitrogens with zero attached hydrogens (tertiary/aromatic N) is 4. The van der Waals surface area contributed by atoms with Gasteiger partial charge < -0.3 is 14.7 Å². The number of aliphatic carboxylic acids is 1. The van der Waals surface area contributed by atoms with Gasteiger partial charge >= 0.3 is 18.2 Å². The van der Waals surface area contributed by atoms with Crippen molar-refractivity contribution in [3.8, 4) is 5.75 Å². The molecule has 176 valence electrons. The fraction of sp³-hybridized carbons (Fsp3) is 0.300. The lowest BCUT2D eigenvalue weighted by Gasteiger charge is -2.17. The number of hydrogen-bond acceptors (Lipinski definition) is 6. The van der Waals surface area contributed by atoms with E-state index in [1.165, 1.54) is 26.2 Å². The van der Waals surface area contributed by atoms with Gasteiger partial charge in [0.2, 0.25) is 5.16 Å². The lowest BCUT2D eigenvalue weighted by atomic mass is 10.2. The number of carboxylic acids is 1. The number of fused-ring (bicyclic) bond motifs is 1. The Labute approximate surface area is 188 Å². The average Bonchev–Trinajstić information content (AvgIpc) is 3.12. The first-order chi connectivity index (χ1) is 15.5. The van der Waals surface area contributed by atoms with Crippen molar-refractivity contribution < 1.29 is 36.8 Å². The second kappa shape index (κ2) is 9.57. The largest absolute Gasteiger partial charge is 0.484 e. The van der Waals surface area contributed by atoms with Crippen LogP contribution in [0.15, 0.2) is 41.7 Å². The van der Waals surface area contributed by atoms with Gasteiger partial charge in [-0.25, -0.2) is 14.3 Å². The number of para-hydroxylation sites is 2. The molecule has 0 fully saturated rings. The predicted octanol–water partition coefficient (Wildman–Crippen LogP) is 2.97. The highest BCUT2D eigenvalue weighted by Crippen LogP contribution is 2.26. The van der Waals surface area contributed by atoms with Gasteiger partial charge in [-0.1, -0.05) is 12.1 Å². The van der Waals surface area contributed by atoms with E-state index in [4.69, 9.17) is 9.84 Å². The molecule has 0 aliphatic rings. The molecule has 0 aliphatic heterocycles. The highest BCUT2D eigenvalue weighted by Gasteiger charge is 2.29. The summed E-state index contributed by atoms with van der Waals surface area (Å²) in [6.45, 7) is -0.586. The predicted molar refractivity (Wildman–Crippen MR) is 111 cm³/mol. The SMILES string of the molecule is Cc1c(OCC(F)(F)F)ccnc1C[S@@](=O)c1nc2ccccc2n1C(=O)N(C)CC(=O)O. The summed E-state index contributed by atoms with van der Waals surface area (Å²) in [5.74, 6) is -1.54. The molecule has 1 aromatic carbocycles.